The fraction of sp³-hybridized carbons (Fsp3) is 0.318. The summed E-state index contributed by atoms with van der Waals surface area (Å²) >= 11 is 1.30. The van der Waals surface area contributed by atoms with E-state index in [0.717, 1.165) is 48.0 Å². The molecule has 0 radical (unpaired) electrons. The molecule has 3 aromatic rings. The lowest BCUT2D eigenvalue weighted by atomic mass is 10.1. The van der Waals surface area contributed by atoms with Crippen LogP contribution in [0.1, 0.15) is 29.6 Å². The van der Waals surface area contributed by atoms with Gasteiger partial charge in [-0.05, 0) is 49.6 Å². The molecule has 1 aromatic carbocycles. The van der Waals surface area contributed by atoms with Crippen molar-refractivity contribution in [3.63, 3.8) is 0 Å². The van der Waals surface area contributed by atoms with Gasteiger partial charge in [-0.25, -0.2) is 17.7 Å². The Kier molecular flexibility index (Phi) is 6.54. The van der Waals surface area contributed by atoms with Gasteiger partial charge in [0.15, 0.2) is 5.13 Å². The molecule has 1 fully saturated rings. The molecular formula is C22H25N5O3S2. The van der Waals surface area contributed by atoms with Gasteiger partial charge in [0, 0.05) is 44.4 Å². The summed E-state index contributed by atoms with van der Waals surface area (Å²) < 4.78 is 26.5. The number of rotatable bonds is 6. The maximum Gasteiger partial charge on any atom is 0.259 e. The summed E-state index contributed by atoms with van der Waals surface area (Å²) in [6.45, 7) is 1.67. The van der Waals surface area contributed by atoms with Crippen molar-refractivity contribution in [3.05, 3.63) is 53.5 Å². The first kappa shape index (κ1) is 22.4. The Hall–Kier alpha value is -2.82. The summed E-state index contributed by atoms with van der Waals surface area (Å²) in [5.41, 5.74) is 2.45. The van der Waals surface area contributed by atoms with Crippen LogP contribution in [0.3, 0.4) is 0 Å². The van der Waals surface area contributed by atoms with Gasteiger partial charge in [-0.1, -0.05) is 6.07 Å². The van der Waals surface area contributed by atoms with E-state index >= 15 is 0 Å². The Morgan fingerprint density at radius 3 is 2.56 bits per heavy atom. The van der Waals surface area contributed by atoms with Crippen LogP contribution in [0.5, 0.6) is 0 Å². The Labute approximate surface area is 192 Å². The summed E-state index contributed by atoms with van der Waals surface area (Å²) in [7, 11) is -0.723. The number of thiazole rings is 1. The SMILES string of the molecule is CN(C)S(=O)(=O)c1ccc(N2CCCCC2)c(C(=O)Nc2nc(-c3ccccn3)cs2)c1. The first-order chi connectivity index (χ1) is 15.4. The van der Waals surface area contributed by atoms with Gasteiger partial charge in [0.1, 0.15) is 5.69 Å². The number of carbonyl (C=O) groups excluding carboxylic acids is 1. The van der Waals surface area contributed by atoms with Crippen molar-refractivity contribution in [3.8, 4) is 11.4 Å². The number of benzene rings is 1. The van der Waals surface area contributed by atoms with Gasteiger partial charge in [0.25, 0.3) is 5.91 Å². The number of hydrogen-bond donors (Lipinski definition) is 1. The minimum absolute atomic E-state index is 0.0849. The predicted molar refractivity (Wildman–Crippen MR) is 127 cm³/mol. The van der Waals surface area contributed by atoms with Crippen LogP contribution in [0.15, 0.2) is 52.9 Å². The molecule has 1 N–H and O–H groups in total. The lowest BCUT2D eigenvalue weighted by Gasteiger charge is -2.30. The minimum atomic E-state index is -3.67. The van der Waals surface area contributed by atoms with Gasteiger partial charge in [0.2, 0.25) is 10.0 Å². The monoisotopic (exact) mass is 471 g/mol. The van der Waals surface area contributed by atoms with Crippen molar-refractivity contribution in [2.45, 2.75) is 24.2 Å². The van der Waals surface area contributed by atoms with Crippen LogP contribution in [0.2, 0.25) is 0 Å². The molecular weight excluding hydrogens is 446 g/mol. The van der Waals surface area contributed by atoms with E-state index in [4.69, 9.17) is 0 Å². The predicted octanol–water partition coefficient (Wildman–Crippen LogP) is 3.70. The molecule has 32 heavy (non-hydrogen) atoms. The number of aromatic nitrogens is 2. The second-order valence-electron chi connectivity index (χ2n) is 7.72. The molecule has 10 heteroatoms. The molecule has 1 saturated heterocycles. The Morgan fingerprint density at radius 2 is 1.88 bits per heavy atom. The largest absolute Gasteiger partial charge is 0.371 e. The molecule has 1 amide bonds. The Bertz CT molecular complexity index is 1200. The molecule has 1 aliphatic heterocycles. The number of hydrogen-bond acceptors (Lipinski definition) is 7. The van der Waals surface area contributed by atoms with Gasteiger partial charge in [0.05, 0.1) is 16.2 Å². The molecule has 0 atom stereocenters. The molecule has 0 aliphatic carbocycles. The molecule has 1 aliphatic rings. The van der Waals surface area contributed by atoms with Crippen LogP contribution in [0.25, 0.3) is 11.4 Å². The van der Waals surface area contributed by atoms with Crippen molar-refractivity contribution in [1.29, 1.82) is 0 Å². The minimum Gasteiger partial charge on any atom is -0.371 e. The summed E-state index contributed by atoms with van der Waals surface area (Å²) in [5, 5.41) is 5.10. The van der Waals surface area contributed by atoms with E-state index in [0.29, 0.717) is 16.4 Å². The molecule has 3 heterocycles. The van der Waals surface area contributed by atoms with Crippen molar-refractivity contribution >= 4 is 38.1 Å². The average molecular weight is 472 g/mol. The lowest BCUT2D eigenvalue weighted by molar-refractivity contribution is 0.102. The lowest BCUT2D eigenvalue weighted by Crippen LogP contribution is -2.32. The summed E-state index contributed by atoms with van der Waals surface area (Å²) in [4.78, 5) is 24.3. The van der Waals surface area contributed by atoms with Crippen molar-refractivity contribution in [2.75, 3.05) is 37.4 Å². The maximum atomic E-state index is 13.3. The molecule has 8 nitrogen and oxygen atoms in total. The number of piperidine rings is 1. The fourth-order valence-electron chi connectivity index (χ4n) is 3.61. The van der Waals surface area contributed by atoms with E-state index in [9.17, 15) is 13.2 Å². The molecule has 0 unspecified atom stereocenters. The average Bonchev–Trinajstić information content (AvgIpc) is 3.28. The van der Waals surface area contributed by atoms with E-state index < -0.39 is 10.0 Å². The zero-order valence-electron chi connectivity index (χ0n) is 18.0. The number of anilines is 2. The zero-order chi connectivity index (χ0) is 22.7. The Balaban J connectivity index is 1.66. The van der Waals surface area contributed by atoms with Crippen molar-refractivity contribution < 1.29 is 13.2 Å². The third-order valence-corrected chi connectivity index (χ3v) is 7.91. The van der Waals surface area contributed by atoms with E-state index in [1.54, 1.807) is 18.3 Å². The molecule has 0 spiro atoms. The van der Waals surface area contributed by atoms with Crippen LogP contribution < -0.4 is 10.2 Å². The second-order valence-corrected chi connectivity index (χ2v) is 10.7. The van der Waals surface area contributed by atoms with Gasteiger partial charge in [-0.15, -0.1) is 11.3 Å². The number of nitrogens with one attached hydrogen (secondary N) is 1. The normalized spacial score (nSPS) is 14.5. The topological polar surface area (TPSA) is 95.5 Å². The summed E-state index contributed by atoms with van der Waals surface area (Å²) in [6, 6.07) is 10.3. The highest BCUT2D eigenvalue weighted by Crippen LogP contribution is 2.30. The highest BCUT2D eigenvalue weighted by molar-refractivity contribution is 7.89. The van der Waals surface area contributed by atoms with Gasteiger partial charge in [-0.3, -0.25) is 15.1 Å². The number of carbonyl (C=O) groups is 1. The standard InChI is InChI=1S/C22H25N5O3S2/c1-26(2)32(29,30)16-9-10-20(27-12-6-3-7-13-27)17(14-16)21(28)25-22-24-19(15-31-22)18-8-4-5-11-23-18/h4-5,8-11,14-15H,3,6-7,12-13H2,1-2H3,(H,24,25,28). The summed E-state index contributed by atoms with van der Waals surface area (Å²) in [5.74, 6) is -0.386. The number of amides is 1. The molecule has 4 rings (SSSR count). The number of nitrogens with zero attached hydrogens (tertiary/aromatic N) is 4. The number of sulfonamides is 1. The van der Waals surface area contributed by atoms with Crippen LogP contribution >= 0.6 is 11.3 Å². The van der Waals surface area contributed by atoms with E-state index in [2.05, 4.69) is 20.2 Å². The zero-order valence-corrected chi connectivity index (χ0v) is 19.6. The first-order valence-electron chi connectivity index (χ1n) is 10.4. The van der Waals surface area contributed by atoms with E-state index in [1.807, 2.05) is 23.6 Å². The quantitative estimate of drug-likeness (QED) is 0.589. The third-order valence-electron chi connectivity index (χ3n) is 5.34. The highest BCUT2D eigenvalue weighted by Gasteiger charge is 2.24. The third kappa shape index (κ3) is 4.67. The maximum absolute atomic E-state index is 13.3. The van der Waals surface area contributed by atoms with Gasteiger partial charge < -0.3 is 4.90 Å². The first-order valence-corrected chi connectivity index (χ1v) is 12.7. The smallest absolute Gasteiger partial charge is 0.259 e. The van der Waals surface area contributed by atoms with Crippen molar-refractivity contribution in [2.24, 2.45) is 0 Å². The van der Waals surface area contributed by atoms with Crippen LogP contribution in [-0.2, 0) is 10.0 Å². The van der Waals surface area contributed by atoms with Crippen molar-refractivity contribution in [1.82, 2.24) is 14.3 Å². The number of pyridine rings is 1. The van der Waals surface area contributed by atoms with E-state index in [1.165, 1.54) is 31.5 Å². The van der Waals surface area contributed by atoms with E-state index in [-0.39, 0.29) is 10.8 Å². The molecule has 0 saturated carbocycles. The molecule has 0 bridgehead atoms. The van der Waals surface area contributed by atoms with Gasteiger partial charge in [-0.2, -0.15) is 0 Å². The molecule has 2 aromatic heterocycles. The van der Waals surface area contributed by atoms with Crippen LogP contribution in [-0.4, -0.2) is 55.8 Å². The van der Waals surface area contributed by atoms with Gasteiger partial charge >= 0.3 is 0 Å². The fourth-order valence-corrected chi connectivity index (χ4v) is 5.23. The van der Waals surface area contributed by atoms with Crippen LogP contribution in [0, 0.1) is 0 Å². The highest BCUT2D eigenvalue weighted by atomic mass is 32.2. The molecule has 168 valence electrons. The Morgan fingerprint density at radius 1 is 1.09 bits per heavy atom. The second kappa shape index (κ2) is 9.35. The van der Waals surface area contributed by atoms with Crippen LogP contribution in [0.4, 0.5) is 10.8 Å². The summed E-state index contributed by atoms with van der Waals surface area (Å²) in [6.07, 6.45) is 4.92.